The van der Waals surface area contributed by atoms with Gasteiger partial charge < -0.3 is 9.88 Å². The van der Waals surface area contributed by atoms with Crippen molar-refractivity contribution in [2.45, 2.75) is 26.4 Å². The van der Waals surface area contributed by atoms with Gasteiger partial charge in [-0.1, -0.05) is 6.92 Å². The van der Waals surface area contributed by atoms with Crippen molar-refractivity contribution >= 4 is 22.4 Å². The fraction of sp³-hybridized carbons (Fsp3) is 0.312. The zero-order valence-corrected chi connectivity index (χ0v) is 12.5. The maximum Gasteiger partial charge on any atom is 0.140 e. The maximum atomic E-state index is 4.55. The van der Waals surface area contributed by atoms with Gasteiger partial charge in [-0.2, -0.15) is 11.3 Å². The van der Waals surface area contributed by atoms with Crippen LogP contribution in [0.15, 0.2) is 41.4 Å². The lowest BCUT2D eigenvalue weighted by atomic mass is 10.2. The number of aromatic nitrogens is 2. The molecule has 0 saturated heterocycles. The molecular formula is C16H19N3S. The van der Waals surface area contributed by atoms with Gasteiger partial charge in [0.15, 0.2) is 0 Å². The standard InChI is InChI=1S/C16H19N3S/c1-2-6-17-9-14-11-19(10-13-5-8-20-12-13)16-15(14)4-3-7-18-16/h3-5,7-8,11-12,17H,2,6,9-10H2,1H3. The lowest BCUT2D eigenvalue weighted by molar-refractivity contribution is 0.675. The van der Waals surface area contributed by atoms with E-state index >= 15 is 0 Å². The summed E-state index contributed by atoms with van der Waals surface area (Å²) in [7, 11) is 0. The van der Waals surface area contributed by atoms with Gasteiger partial charge in [-0.15, -0.1) is 0 Å². The molecule has 0 spiro atoms. The third-order valence-corrected chi connectivity index (χ3v) is 4.12. The second-order valence-electron chi connectivity index (χ2n) is 4.97. The molecule has 3 aromatic heterocycles. The van der Waals surface area contributed by atoms with Crippen LogP contribution < -0.4 is 5.32 Å². The number of hydrogen-bond donors (Lipinski definition) is 1. The van der Waals surface area contributed by atoms with Crippen LogP contribution in [0.25, 0.3) is 11.0 Å². The summed E-state index contributed by atoms with van der Waals surface area (Å²) < 4.78 is 2.25. The van der Waals surface area contributed by atoms with Crippen LogP contribution in [-0.2, 0) is 13.1 Å². The van der Waals surface area contributed by atoms with Gasteiger partial charge in [0.2, 0.25) is 0 Å². The summed E-state index contributed by atoms with van der Waals surface area (Å²) in [6, 6.07) is 6.35. The van der Waals surface area contributed by atoms with Crippen LogP contribution in [0.4, 0.5) is 0 Å². The van der Waals surface area contributed by atoms with Crippen LogP contribution in [-0.4, -0.2) is 16.1 Å². The van der Waals surface area contributed by atoms with E-state index in [9.17, 15) is 0 Å². The van der Waals surface area contributed by atoms with Gasteiger partial charge in [-0.25, -0.2) is 4.98 Å². The lowest BCUT2D eigenvalue weighted by Crippen LogP contribution is -2.13. The Bertz CT molecular complexity index is 670. The molecule has 20 heavy (non-hydrogen) atoms. The first kappa shape index (κ1) is 13.3. The van der Waals surface area contributed by atoms with Crippen molar-refractivity contribution in [1.82, 2.24) is 14.9 Å². The minimum Gasteiger partial charge on any atom is -0.328 e. The highest BCUT2D eigenvalue weighted by Crippen LogP contribution is 2.21. The van der Waals surface area contributed by atoms with E-state index in [1.807, 2.05) is 12.3 Å². The number of rotatable bonds is 6. The summed E-state index contributed by atoms with van der Waals surface area (Å²) in [5, 5.41) is 9.05. The zero-order chi connectivity index (χ0) is 13.8. The van der Waals surface area contributed by atoms with Crippen molar-refractivity contribution in [3.05, 3.63) is 52.5 Å². The van der Waals surface area contributed by atoms with Crippen LogP contribution in [0.3, 0.4) is 0 Å². The molecule has 4 heteroatoms. The molecule has 0 radical (unpaired) electrons. The summed E-state index contributed by atoms with van der Waals surface area (Å²) in [5.74, 6) is 0. The molecule has 0 aliphatic heterocycles. The predicted molar refractivity (Wildman–Crippen MR) is 85.2 cm³/mol. The Labute approximate surface area is 123 Å². The first-order valence-electron chi connectivity index (χ1n) is 7.03. The van der Waals surface area contributed by atoms with E-state index in [1.165, 1.54) is 16.5 Å². The fourth-order valence-corrected chi connectivity index (χ4v) is 3.10. The molecule has 3 rings (SSSR count). The molecule has 3 nitrogen and oxygen atoms in total. The topological polar surface area (TPSA) is 29.9 Å². The second-order valence-corrected chi connectivity index (χ2v) is 5.75. The SMILES string of the molecule is CCCNCc1cn(Cc2ccsc2)c2ncccc12. The molecule has 0 fully saturated rings. The van der Waals surface area contributed by atoms with E-state index in [1.54, 1.807) is 11.3 Å². The van der Waals surface area contributed by atoms with E-state index in [-0.39, 0.29) is 0 Å². The average Bonchev–Trinajstić information content (AvgIpc) is 3.09. The van der Waals surface area contributed by atoms with Crippen molar-refractivity contribution in [3.8, 4) is 0 Å². The summed E-state index contributed by atoms with van der Waals surface area (Å²) >= 11 is 1.74. The van der Waals surface area contributed by atoms with Gasteiger partial charge in [-0.05, 0) is 53.1 Å². The Morgan fingerprint density at radius 1 is 1.35 bits per heavy atom. The molecule has 104 valence electrons. The molecule has 3 heterocycles. The largest absolute Gasteiger partial charge is 0.328 e. The van der Waals surface area contributed by atoms with Crippen LogP contribution >= 0.6 is 11.3 Å². The molecule has 1 N–H and O–H groups in total. The molecule has 0 saturated carbocycles. The molecule has 0 amide bonds. The highest BCUT2D eigenvalue weighted by Gasteiger charge is 2.09. The zero-order valence-electron chi connectivity index (χ0n) is 11.7. The number of thiophene rings is 1. The molecule has 0 atom stereocenters. The number of pyridine rings is 1. The minimum absolute atomic E-state index is 0.894. The summed E-state index contributed by atoms with van der Waals surface area (Å²) in [4.78, 5) is 4.55. The van der Waals surface area contributed by atoms with Crippen molar-refractivity contribution in [3.63, 3.8) is 0 Å². The Morgan fingerprint density at radius 2 is 2.30 bits per heavy atom. The van der Waals surface area contributed by atoms with Crippen LogP contribution in [0.1, 0.15) is 24.5 Å². The quantitative estimate of drug-likeness (QED) is 0.701. The first-order chi connectivity index (χ1) is 9.88. The summed E-state index contributed by atoms with van der Waals surface area (Å²) in [5.41, 5.74) is 3.74. The number of nitrogens with one attached hydrogen (secondary N) is 1. The van der Waals surface area contributed by atoms with E-state index in [4.69, 9.17) is 0 Å². The monoisotopic (exact) mass is 285 g/mol. The van der Waals surface area contributed by atoms with Gasteiger partial charge in [0.25, 0.3) is 0 Å². The third kappa shape index (κ3) is 2.76. The number of nitrogens with zero attached hydrogens (tertiary/aromatic N) is 2. The van der Waals surface area contributed by atoms with Crippen molar-refractivity contribution < 1.29 is 0 Å². The Hall–Kier alpha value is -1.65. The molecule has 0 aromatic carbocycles. The van der Waals surface area contributed by atoms with Crippen LogP contribution in [0, 0.1) is 0 Å². The van der Waals surface area contributed by atoms with E-state index in [2.05, 4.69) is 50.9 Å². The van der Waals surface area contributed by atoms with E-state index in [0.29, 0.717) is 0 Å². The maximum absolute atomic E-state index is 4.55. The Kier molecular flexibility index (Phi) is 4.14. The predicted octanol–water partition coefficient (Wildman–Crippen LogP) is 3.65. The van der Waals surface area contributed by atoms with Gasteiger partial charge in [0.1, 0.15) is 5.65 Å². The molecule has 0 aliphatic rings. The van der Waals surface area contributed by atoms with Crippen LogP contribution in [0.2, 0.25) is 0 Å². The summed E-state index contributed by atoms with van der Waals surface area (Å²) in [6.45, 7) is 5.04. The Morgan fingerprint density at radius 3 is 3.10 bits per heavy atom. The molecule has 3 aromatic rings. The van der Waals surface area contributed by atoms with Crippen molar-refractivity contribution in [2.75, 3.05) is 6.54 Å². The van der Waals surface area contributed by atoms with Gasteiger partial charge in [0, 0.05) is 30.9 Å². The third-order valence-electron chi connectivity index (χ3n) is 3.39. The van der Waals surface area contributed by atoms with Gasteiger partial charge in [0.05, 0.1) is 0 Å². The highest BCUT2D eigenvalue weighted by atomic mass is 32.1. The average molecular weight is 285 g/mol. The Balaban J connectivity index is 1.91. The van der Waals surface area contributed by atoms with Gasteiger partial charge in [-0.3, -0.25) is 0 Å². The minimum atomic E-state index is 0.894. The highest BCUT2D eigenvalue weighted by molar-refractivity contribution is 7.07. The fourth-order valence-electron chi connectivity index (χ4n) is 2.44. The van der Waals surface area contributed by atoms with E-state index in [0.717, 1.165) is 31.7 Å². The normalized spacial score (nSPS) is 11.2. The van der Waals surface area contributed by atoms with Gasteiger partial charge >= 0.3 is 0 Å². The molecule has 0 bridgehead atoms. The molecular weight excluding hydrogens is 266 g/mol. The van der Waals surface area contributed by atoms with E-state index < -0.39 is 0 Å². The van der Waals surface area contributed by atoms with Crippen molar-refractivity contribution in [1.29, 1.82) is 0 Å². The first-order valence-corrected chi connectivity index (χ1v) is 7.97. The van der Waals surface area contributed by atoms with Crippen LogP contribution in [0.5, 0.6) is 0 Å². The summed E-state index contributed by atoms with van der Waals surface area (Å²) in [6.07, 6.45) is 5.26. The molecule has 0 unspecified atom stereocenters. The number of fused-ring (bicyclic) bond motifs is 1. The molecule has 0 aliphatic carbocycles. The second kappa shape index (κ2) is 6.20. The lowest BCUT2D eigenvalue weighted by Gasteiger charge is -2.02. The van der Waals surface area contributed by atoms with Crippen molar-refractivity contribution in [2.24, 2.45) is 0 Å². The smallest absolute Gasteiger partial charge is 0.140 e. The number of hydrogen-bond acceptors (Lipinski definition) is 3.